The van der Waals surface area contributed by atoms with Crippen LogP contribution >= 0.6 is 0 Å². The van der Waals surface area contributed by atoms with Gasteiger partial charge >= 0.3 is 0 Å². The number of hydrogen-bond donors (Lipinski definition) is 0. The average Bonchev–Trinajstić information content (AvgIpc) is 3.98. The Bertz CT molecular complexity index is 4150. The smallest absolute Gasteiger partial charge is 0.159 e. The van der Waals surface area contributed by atoms with E-state index in [9.17, 15) is 0 Å². The van der Waals surface area contributed by atoms with E-state index in [4.69, 9.17) is 4.42 Å². The van der Waals surface area contributed by atoms with E-state index in [1.165, 1.54) is 99.4 Å². The van der Waals surface area contributed by atoms with E-state index in [1.54, 1.807) is 0 Å². The molecule has 0 aliphatic heterocycles. The summed E-state index contributed by atoms with van der Waals surface area (Å²) in [4.78, 5) is 2.47. The van der Waals surface area contributed by atoms with Crippen molar-refractivity contribution in [3.05, 3.63) is 258 Å². The van der Waals surface area contributed by atoms with Crippen LogP contribution in [0.1, 0.15) is 47.2 Å². The molecule has 0 radical (unpaired) electrons. The Morgan fingerprint density at radius 1 is 0.338 bits per heavy atom. The molecule has 0 N–H and O–H groups in total. The van der Waals surface area contributed by atoms with Gasteiger partial charge in [-0.15, -0.1) is 0 Å². The second-order valence-corrected chi connectivity index (χ2v) is 19.4. The molecule has 11 aromatic carbocycles. The van der Waals surface area contributed by atoms with Gasteiger partial charge in [0, 0.05) is 27.6 Å². The third-order valence-electron chi connectivity index (χ3n) is 15.9. The number of fused-ring (bicyclic) bond motifs is 23. The Morgan fingerprint density at radius 3 is 1.51 bits per heavy atom. The highest BCUT2D eigenvalue weighted by Crippen LogP contribution is 2.65. The first-order valence-corrected chi connectivity index (χ1v) is 23.8. The highest BCUT2D eigenvalue weighted by atomic mass is 16.3. The largest absolute Gasteiger partial charge is 0.454 e. The fourth-order valence-corrected chi connectivity index (χ4v) is 13.1. The van der Waals surface area contributed by atoms with Crippen LogP contribution in [0.4, 0.5) is 17.1 Å². The summed E-state index contributed by atoms with van der Waals surface area (Å²) in [5, 5.41) is 7.32. The number of hydrogen-bond acceptors (Lipinski definition) is 2. The summed E-state index contributed by atoms with van der Waals surface area (Å²) in [5.41, 5.74) is 22.0. The van der Waals surface area contributed by atoms with Gasteiger partial charge < -0.3 is 9.32 Å². The van der Waals surface area contributed by atoms with E-state index in [0.29, 0.717) is 0 Å². The fourth-order valence-electron chi connectivity index (χ4n) is 13.1. The zero-order chi connectivity index (χ0) is 44.9. The third-order valence-corrected chi connectivity index (χ3v) is 15.9. The second-order valence-electron chi connectivity index (χ2n) is 19.4. The molecule has 1 aromatic heterocycles. The van der Waals surface area contributed by atoms with Gasteiger partial charge in [0.1, 0.15) is 5.58 Å². The monoisotopic (exact) mass is 865 g/mol. The Kier molecular flexibility index (Phi) is 7.53. The number of para-hydroxylation sites is 2. The first-order chi connectivity index (χ1) is 33.5. The molecule has 1 atom stereocenters. The van der Waals surface area contributed by atoms with Crippen molar-refractivity contribution >= 4 is 60.5 Å². The van der Waals surface area contributed by atoms with E-state index < -0.39 is 5.41 Å². The summed E-state index contributed by atoms with van der Waals surface area (Å²) < 4.78 is 6.95. The normalized spacial score (nSPS) is 15.7. The molecule has 2 heteroatoms. The van der Waals surface area contributed by atoms with Crippen molar-refractivity contribution in [1.82, 2.24) is 0 Å². The molecule has 0 fully saturated rings. The Balaban J connectivity index is 1.10. The van der Waals surface area contributed by atoms with Crippen molar-refractivity contribution < 1.29 is 4.42 Å². The molecule has 3 aliphatic rings. The number of nitrogens with zero attached hydrogens (tertiary/aromatic N) is 1. The van der Waals surface area contributed by atoms with Crippen molar-refractivity contribution in [2.75, 3.05) is 4.90 Å². The van der Waals surface area contributed by atoms with Crippen LogP contribution in [0.15, 0.2) is 229 Å². The van der Waals surface area contributed by atoms with Gasteiger partial charge in [-0.3, -0.25) is 0 Å². The third kappa shape index (κ3) is 4.76. The maximum atomic E-state index is 6.95. The van der Waals surface area contributed by atoms with Gasteiger partial charge in [-0.25, -0.2) is 0 Å². The topological polar surface area (TPSA) is 16.4 Å². The predicted octanol–water partition coefficient (Wildman–Crippen LogP) is 17.7. The quantitative estimate of drug-likeness (QED) is 0.165. The van der Waals surface area contributed by atoms with Crippen LogP contribution in [0.25, 0.3) is 88.0 Å². The molecule has 2 nitrogen and oxygen atoms in total. The molecule has 318 valence electrons. The van der Waals surface area contributed by atoms with Crippen LogP contribution in [-0.4, -0.2) is 0 Å². The average molecular weight is 866 g/mol. The van der Waals surface area contributed by atoms with Crippen LogP contribution in [0, 0.1) is 0 Å². The lowest BCUT2D eigenvalue weighted by Crippen LogP contribution is -2.30. The van der Waals surface area contributed by atoms with E-state index in [1.807, 2.05) is 0 Å². The summed E-state index contributed by atoms with van der Waals surface area (Å²) in [7, 11) is 0. The van der Waals surface area contributed by atoms with Gasteiger partial charge in [-0.1, -0.05) is 202 Å². The molecule has 15 rings (SSSR count). The number of anilines is 3. The van der Waals surface area contributed by atoms with Gasteiger partial charge in [0.25, 0.3) is 0 Å². The zero-order valence-corrected chi connectivity index (χ0v) is 37.7. The van der Waals surface area contributed by atoms with Gasteiger partial charge in [0.2, 0.25) is 0 Å². The standard InChI is InChI=1S/C66H43NO/c1-65(2)55-29-13-9-23-47(55)49-37-35-40(38-58(49)65)67(60-32-17-28-53-50-24-12-16-33-61(50)68-64(53)60)41-34-36-48-43-19-4-3-18-42(43)46-22-10-14-30-56(46)66(59(48)39-41)57-31-15-11-27-54(57)62-51-25-7-5-20-44(51)45-21-6-8-26-52(45)63(62)66/h3-39H,1-2H3. The number of benzene rings is 11. The van der Waals surface area contributed by atoms with Crippen molar-refractivity contribution in [2.45, 2.75) is 24.7 Å². The van der Waals surface area contributed by atoms with Crippen LogP contribution in [0.2, 0.25) is 0 Å². The molecule has 0 amide bonds. The summed E-state index contributed by atoms with van der Waals surface area (Å²) >= 11 is 0. The molecule has 0 saturated carbocycles. The van der Waals surface area contributed by atoms with Crippen molar-refractivity contribution in [2.24, 2.45) is 0 Å². The molecular weight excluding hydrogens is 823 g/mol. The molecular formula is C66H43NO. The summed E-state index contributed by atoms with van der Waals surface area (Å²) in [6.45, 7) is 4.74. The second kappa shape index (κ2) is 13.6. The number of furan rings is 1. The molecule has 1 unspecified atom stereocenters. The van der Waals surface area contributed by atoms with Crippen molar-refractivity contribution in [1.29, 1.82) is 0 Å². The maximum Gasteiger partial charge on any atom is 0.159 e. The first kappa shape index (κ1) is 37.7. The fraction of sp³-hybridized carbons (Fsp3) is 0.0606. The Hall–Kier alpha value is -8.46. The molecule has 12 aromatic rings. The van der Waals surface area contributed by atoms with Gasteiger partial charge in [0.15, 0.2) is 5.58 Å². The Morgan fingerprint density at radius 2 is 0.809 bits per heavy atom. The molecule has 0 bridgehead atoms. The highest BCUT2D eigenvalue weighted by Gasteiger charge is 2.51. The lowest BCUT2D eigenvalue weighted by atomic mass is 9.64. The van der Waals surface area contributed by atoms with Crippen LogP contribution in [0.5, 0.6) is 0 Å². The molecule has 3 aliphatic carbocycles. The van der Waals surface area contributed by atoms with Gasteiger partial charge in [-0.05, 0) is 136 Å². The van der Waals surface area contributed by atoms with Crippen molar-refractivity contribution in [3.63, 3.8) is 0 Å². The van der Waals surface area contributed by atoms with Gasteiger partial charge in [0.05, 0.1) is 11.1 Å². The summed E-state index contributed by atoms with van der Waals surface area (Å²) in [5.74, 6) is 0. The molecule has 0 saturated heterocycles. The zero-order valence-electron chi connectivity index (χ0n) is 37.7. The lowest BCUT2D eigenvalue weighted by molar-refractivity contribution is 0.660. The van der Waals surface area contributed by atoms with Crippen LogP contribution in [0.3, 0.4) is 0 Å². The van der Waals surface area contributed by atoms with E-state index >= 15 is 0 Å². The molecule has 1 spiro atoms. The highest BCUT2D eigenvalue weighted by molar-refractivity contribution is 6.20. The van der Waals surface area contributed by atoms with Crippen LogP contribution < -0.4 is 4.90 Å². The maximum absolute atomic E-state index is 6.95. The van der Waals surface area contributed by atoms with E-state index in [0.717, 1.165) is 39.0 Å². The Labute approximate surface area is 395 Å². The SMILES string of the molecule is CC1(C)c2ccccc2-c2ccc(N(c3ccc4c(c3)C3(c5ccccc5-c5ccccc5-4)c4ccccc4-c4c3c3ccccc3c3ccccc43)c3cccc4c3oc3ccccc34)cc21. The predicted molar refractivity (Wildman–Crippen MR) is 283 cm³/mol. The summed E-state index contributed by atoms with van der Waals surface area (Å²) in [6.07, 6.45) is 0. The van der Waals surface area contributed by atoms with Gasteiger partial charge in [-0.2, -0.15) is 0 Å². The minimum absolute atomic E-state index is 0.189. The van der Waals surface area contributed by atoms with Crippen molar-refractivity contribution in [3.8, 4) is 44.5 Å². The lowest BCUT2D eigenvalue weighted by Gasteiger charge is -2.37. The first-order valence-electron chi connectivity index (χ1n) is 23.8. The molecule has 1 heterocycles. The van der Waals surface area contributed by atoms with Crippen LogP contribution in [-0.2, 0) is 10.8 Å². The number of rotatable bonds is 3. The van der Waals surface area contributed by atoms with E-state index in [2.05, 4.69) is 243 Å². The van der Waals surface area contributed by atoms with E-state index in [-0.39, 0.29) is 5.41 Å². The molecule has 68 heavy (non-hydrogen) atoms. The minimum Gasteiger partial charge on any atom is -0.454 e. The minimum atomic E-state index is -0.713. The summed E-state index contributed by atoms with van der Waals surface area (Å²) in [6, 6.07) is 84.1.